The Hall–Kier alpha value is -1.26. The molecule has 102 valence electrons. The van der Waals surface area contributed by atoms with E-state index < -0.39 is 17.7 Å². The van der Waals surface area contributed by atoms with Crippen LogP contribution >= 0.6 is 0 Å². The van der Waals surface area contributed by atoms with Crippen molar-refractivity contribution in [2.45, 2.75) is 51.7 Å². The van der Waals surface area contributed by atoms with Gasteiger partial charge in [0.15, 0.2) is 0 Å². The third-order valence-electron chi connectivity index (χ3n) is 3.83. The Balaban J connectivity index is 1.84. The molecule has 3 aliphatic rings. The van der Waals surface area contributed by atoms with Crippen molar-refractivity contribution < 1.29 is 19.4 Å². The van der Waals surface area contributed by atoms with Crippen LogP contribution < -0.4 is 5.32 Å². The molecule has 5 nitrogen and oxygen atoms in total. The number of alkyl carbamates (subject to hydrolysis) is 1. The average Bonchev–Trinajstić information content (AvgIpc) is 2.23. The third-order valence-corrected chi connectivity index (χ3v) is 3.83. The van der Waals surface area contributed by atoms with Crippen LogP contribution in [0, 0.1) is 17.8 Å². The topological polar surface area (TPSA) is 75.6 Å². The van der Waals surface area contributed by atoms with Crippen molar-refractivity contribution in [2.75, 3.05) is 0 Å². The molecular weight excluding hydrogens is 234 g/mol. The smallest absolute Gasteiger partial charge is 0.407 e. The second kappa shape index (κ2) is 4.44. The summed E-state index contributed by atoms with van der Waals surface area (Å²) in [5, 5.41) is 11.9. The van der Waals surface area contributed by atoms with Crippen molar-refractivity contribution in [1.29, 1.82) is 0 Å². The van der Waals surface area contributed by atoms with Gasteiger partial charge in [-0.3, -0.25) is 4.79 Å². The number of nitrogens with one attached hydrogen (secondary N) is 1. The lowest BCUT2D eigenvalue weighted by Gasteiger charge is -2.51. The molecule has 0 unspecified atom stereocenters. The summed E-state index contributed by atoms with van der Waals surface area (Å²) in [4.78, 5) is 22.6. The first-order valence-corrected chi connectivity index (χ1v) is 6.48. The highest BCUT2D eigenvalue weighted by atomic mass is 16.6. The zero-order valence-electron chi connectivity index (χ0n) is 11.1. The maximum absolute atomic E-state index is 11.7. The molecule has 2 N–H and O–H groups in total. The molecule has 3 rings (SSSR count). The summed E-state index contributed by atoms with van der Waals surface area (Å²) in [5.74, 6) is -0.333. The van der Waals surface area contributed by atoms with Crippen LogP contribution in [0.25, 0.3) is 0 Å². The van der Waals surface area contributed by atoms with Crippen LogP contribution in [0.2, 0.25) is 0 Å². The largest absolute Gasteiger partial charge is 0.481 e. The summed E-state index contributed by atoms with van der Waals surface area (Å²) >= 11 is 0. The van der Waals surface area contributed by atoms with E-state index in [1.165, 1.54) is 0 Å². The van der Waals surface area contributed by atoms with Crippen LogP contribution in [-0.4, -0.2) is 28.8 Å². The first-order valence-electron chi connectivity index (χ1n) is 6.48. The van der Waals surface area contributed by atoms with Gasteiger partial charge < -0.3 is 15.2 Å². The summed E-state index contributed by atoms with van der Waals surface area (Å²) < 4.78 is 5.22. The van der Waals surface area contributed by atoms with Crippen molar-refractivity contribution in [3.63, 3.8) is 0 Å². The van der Waals surface area contributed by atoms with Crippen molar-refractivity contribution in [3.05, 3.63) is 0 Å². The molecule has 2 bridgehead atoms. The number of aliphatic carboxylic acids is 1. The van der Waals surface area contributed by atoms with Crippen LogP contribution in [0.1, 0.15) is 40.0 Å². The number of fused-ring (bicyclic) bond motifs is 2. The number of ether oxygens (including phenoxy) is 1. The molecule has 0 saturated heterocycles. The van der Waals surface area contributed by atoms with Gasteiger partial charge in [-0.1, -0.05) is 0 Å². The highest BCUT2D eigenvalue weighted by Gasteiger charge is 2.49. The predicted octanol–water partition coefficient (Wildman–Crippen LogP) is 2.01. The van der Waals surface area contributed by atoms with E-state index in [2.05, 4.69) is 5.32 Å². The van der Waals surface area contributed by atoms with Crippen LogP contribution in [0.15, 0.2) is 0 Å². The molecule has 0 radical (unpaired) electrons. The number of carboxylic acids is 1. The molecule has 0 aliphatic heterocycles. The zero-order valence-corrected chi connectivity index (χ0v) is 11.1. The second-order valence-electron chi connectivity index (χ2n) is 6.43. The maximum atomic E-state index is 11.7. The van der Waals surface area contributed by atoms with Gasteiger partial charge >= 0.3 is 12.1 Å². The molecule has 0 aromatic rings. The summed E-state index contributed by atoms with van der Waals surface area (Å²) in [6.07, 6.45) is 1.99. The molecule has 18 heavy (non-hydrogen) atoms. The fraction of sp³-hybridized carbons (Fsp3) is 0.846. The van der Waals surface area contributed by atoms with Gasteiger partial charge in [-0.15, -0.1) is 0 Å². The minimum Gasteiger partial charge on any atom is -0.481 e. The van der Waals surface area contributed by atoms with E-state index in [1.54, 1.807) is 0 Å². The van der Waals surface area contributed by atoms with Crippen molar-refractivity contribution >= 4 is 12.1 Å². The summed E-state index contributed by atoms with van der Waals surface area (Å²) in [7, 11) is 0. The quantitative estimate of drug-likeness (QED) is 0.791. The Morgan fingerprint density at radius 3 is 2.17 bits per heavy atom. The van der Waals surface area contributed by atoms with E-state index in [0.29, 0.717) is 24.7 Å². The van der Waals surface area contributed by atoms with Crippen LogP contribution in [-0.2, 0) is 9.53 Å². The molecule has 3 aliphatic carbocycles. The van der Waals surface area contributed by atoms with Gasteiger partial charge in [0.25, 0.3) is 0 Å². The SMILES string of the molecule is CC(C)(C)OC(=O)NC1[C@H]2CC(C(=O)O)C[C@H]1C2. The molecule has 2 atom stereocenters. The molecule has 3 fully saturated rings. The van der Waals surface area contributed by atoms with E-state index in [-0.39, 0.29) is 12.0 Å². The Labute approximate surface area is 107 Å². The Bertz CT molecular complexity index is 348. The Kier molecular flexibility index (Phi) is 3.25. The molecule has 5 heteroatoms. The minimum absolute atomic E-state index is 0.107. The number of carbonyl (C=O) groups is 2. The monoisotopic (exact) mass is 255 g/mol. The molecule has 0 aromatic heterocycles. The fourth-order valence-electron chi connectivity index (χ4n) is 3.06. The van der Waals surface area contributed by atoms with Gasteiger partial charge in [-0.2, -0.15) is 0 Å². The summed E-state index contributed by atoms with van der Waals surface area (Å²) in [6.45, 7) is 5.48. The lowest BCUT2D eigenvalue weighted by molar-refractivity contribution is -0.147. The van der Waals surface area contributed by atoms with Gasteiger partial charge in [-0.25, -0.2) is 4.79 Å². The molecule has 0 heterocycles. The lowest BCUT2D eigenvalue weighted by Crippen LogP contribution is -2.58. The van der Waals surface area contributed by atoms with Crippen molar-refractivity contribution in [1.82, 2.24) is 5.32 Å². The van der Waals surface area contributed by atoms with E-state index in [4.69, 9.17) is 9.84 Å². The standard InChI is InChI=1S/C13H21NO4/c1-13(2,3)18-12(17)14-10-7-4-8(10)6-9(5-7)11(15)16/h7-10H,4-6H2,1-3H3,(H,14,17)(H,15,16)/t7-,8-,9?,10?/m1/s1. The number of hydrogen-bond acceptors (Lipinski definition) is 3. The van der Waals surface area contributed by atoms with E-state index in [9.17, 15) is 9.59 Å². The zero-order chi connectivity index (χ0) is 13.5. The molecule has 1 amide bonds. The van der Waals surface area contributed by atoms with Gasteiger partial charge in [-0.05, 0) is 51.9 Å². The van der Waals surface area contributed by atoms with Gasteiger partial charge in [0.1, 0.15) is 5.60 Å². The van der Waals surface area contributed by atoms with E-state index >= 15 is 0 Å². The molecule has 0 spiro atoms. The summed E-state index contributed by atoms with van der Waals surface area (Å²) in [6, 6.07) is 0.107. The Morgan fingerprint density at radius 1 is 1.17 bits per heavy atom. The fourth-order valence-corrected chi connectivity index (χ4v) is 3.06. The highest BCUT2D eigenvalue weighted by Crippen LogP contribution is 2.48. The molecule has 3 saturated carbocycles. The van der Waals surface area contributed by atoms with Crippen LogP contribution in [0.5, 0.6) is 0 Å². The molecular formula is C13H21NO4. The number of rotatable bonds is 2. The van der Waals surface area contributed by atoms with E-state index in [1.807, 2.05) is 20.8 Å². The number of carboxylic acid groups (broad SMARTS) is 1. The van der Waals surface area contributed by atoms with Gasteiger partial charge in [0.2, 0.25) is 0 Å². The summed E-state index contributed by atoms with van der Waals surface area (Å²) in [5.41, 5.74) is -0.494. The van der Waals surface area contributed by atoms with Crippen molar-refractivity contribution in [2.24, 2.45) is 17.8 Å². The lowest BCUT2D eigenvalue weighted by atomic mass is 9.58. The second-order valence-corrected chi connectivity index (χ2v) is 6.43. The van der Waals surface area contributed by atoms with Crippen LogP contribution in [0.3, 0.4) is 0 Å². The third kappa shape index (κ3) is 2.76. The Morgan fingerprint density at radius 2 is 1.72 bits per heavy atom. The first kappa shape index (κ1) is 13.2. The van der Waals surface area contributed by atoms with Crippen LogP contribution in [0.4, 0.5) is 4.79 Å². The number of carbonyl (C=O) groups excluding carboxylic acids is 1. The highest BCUT2D eigenvalue weighted by molar-refractivity contribution is 5.71. The van der Waals surface area contributed by atoms with Gasteiger partial charge in [0, 0.05) is 6.04 Å². The molecule has 0 aromatic carbocycles. The predicted molar refractivity (Wildman–Crippen MR) is 65.1 cm³/mol. The number of amides is 1. The normalized spacial score (nSPS) is 34.4. The maximum Gasteiger partial charge on any atom is 0.407 e. The van der Waals surface area contributed by atoms with Gasteiger partial charge in [0.05, 0.1) is 5.92 Å². The number of hydrogen-bond donors (Lipinski definition) is 2. The van der Waals surface area contributed by atoms with Crippen molar-refractivity contribution in [3.8, 4) is 0 Å². The first-order chi connectivity index (χ1) is 8.26. The average molecular weight is 255 g/mol. The van der Waals surface area contributed by atoms with E-state index in [0.717, 1.165) is 6.42 Å². The minimum atomic E-state index is -0.708.